The number of fused-ring (bicyclic) bond motifs is 1. The van der Waals surface area contributed by atoms with Crippen molar-refractivity contribution in [3.8, 4) is 0 Å². The van der Waals surface area contributed by atoms with Crippen LogP contribution in [0, 0.1) is 5.92 Å². The van der Waals surface area contributed by atoms with Gasteiger partial charge in [-0.2, -0.15) is 5.10 Å². The smallest absolute Gasteiger partial charge is 0.317 e. The van der Waals surface area contributed by atoms with Crippen LogP contribution < -0.4 is 10.6 Å². The summed E-state index contributed by atoms with van der Waals surface area (Å²) in [7, 11) is 1.97. The Morgan fingerprint density at radius 3 is 2.50 bits per heavy atom. The zero-order valence-electron chi connectivity index (χ0n) is 17.0. The minimum Gasteiger partial charge on any atom is -0.353 e. The molecule has 0 radical (unpaired) electrons. The van der Waals surface area contributed by atoms with Gasteiger partial charge in [0.25, 0.3) is 0 Å². The minimum absolute atomic E-state index is 0.0127. The molecule has 0 bridgehead atoms. The van der Waals surface area contributed by atoms with E-state index in [0.29, 0.717) is 13.1 Å². The van der Waals surface area contributed by atoms with Crippen LogP contribution in [0.15, 0.2) is 6.20 Å². The lowest BCUT2D eigenvalue weighted by molar-refractivity contribution is -0.126. The average Bonchev–Trinajstić information content (AvgIpc) is 3.11. The minimum atomic E-state index is 0.0127. The van der Waals surface area contributed by atoms with Gasteiger partial charge in [0.15, 0.2) is 0 Å². The zero-order valence-corrected chi connectivity index (χ0v) is 17.0. The second-order valence-corrected chi connectivity index (χ2v) is 8.67. The van der Waals surface area contributed by atoms with Gasteiger partial charge < -0.3 is 15.5 Å². The molecule has 1 saturated carbocycles. The van der Waals surface area contributed by atoms with E-state index in [0.717, 1.165) is 50.5 Å². The molecular weight excluding hydrogens is 354 g/mol. The van der Waals surface area contributed by atoms with E-state index in [4.69, 9.17) is 0 Å². The SMILES string of the molecule is Cn1ncc2c1CCCC2NC(=O)N1CCC(NC(=O)C2CCCCC2)CC1. The van der Waals surface area contributed by atoms with Gasteiger partial charge in [-0.05, 0) is 44.9 Å². The van der Waals surface area contributed by atoms with Crippen LogP contribution in [0.5, 0.6) is 0 Å². The van der Waals surface area contributed by atoms with Crippen molar-refractivity contribution in [3.63, 3.8) is 0 Å². The fourth-order valence-electron chi connectivity index (χ4n) is 5.01. The number of likely N-dealkylation sites (tertiary alicyclic amines) is 1. The summed E-state index contributed by atoms with van der Waals surface area (Å²) in [5.74, 6) is 0.434. The molecule has 2 heterocycles. The van der Waals surface area contributed by atoms with Crippen LogP contribution >= 0.6 is 0 Å². The van der Waals surface area contributed by atoms with E-state index in [1.807, 2.05) is 22.8 Å². The van der Waals surface area contributed by atoms with Crippen LogP contribution in [0.1, 0.15) is 75.1 Å². The highest BCUT2D eigenvalue weighted by molar-refractivity contribution is 5.79. The number of aryl methyl sites for hydroxylation is 1. The number of amides is 3. The summed E-state index contributed by atoms with van der Waals surface area (Å²) < 4.78 is 1.92. The summed E-state index contributed by atoms with van der Waals surface area (Å²) in [5, 5.41) is 10.8. The summed E-state index contributed by atoms with van der Waals surface area (Å²) in [5.41, 5.74) is 2.40. The van der Waals surface area contributed by atoms with Crippen LogP contribution in [-0.2, 0) is 18.3 Å². The third kappa shape index (κ3) is 4.18. The molecule has 154 valence electrons. The third-order valence-electron chi connectivity index (χ3n) is 6.78. The topological polar surface area (TPSA) is 79.3 Å². The fourth-order valence-corrected chi connectivity index (χ4v) is 5.01. The number of piperidine rings is 1. The summed E-state index contributed by atoms with van der Waals surface area (Å²) >= 11 is 0. The van der Waals surface area contributed by atoms with Crippen molar-refractivity contribution in [2.75, 3.05) is 13.1 Å². The number of urea groups is 1. The summed E-state index contributed by atoms with van der Waals surface area (Å²) in [4.78, 5) is 27.1. The van der Waals surface area contributed by atoms with Gasteiger partial charge in [0, 0.05) is 43.4 Å². The van der Waals surface area contributed by atoms with Crippen LogP contribution in [0.2, 0.25) is 0 Å². The molecule has 7 heteroatoms. The molecule has 1 unspecified atom stereocenters. The van der Waals surface area contributed by atoms with Crippen molar-refractivity contribution in [3.05, 3.63) is 17.5 Å². The number of aromatic nitrogens is 2. The molecule has 3 aliphatic rings. The van der Waals surface area contributed by atoms with E-state index in [1.54, 1.807) is 0 Å². The number of carbonyl (C=O) groups is 2. The van der Waals surface area contributed by atoms with Gasteiger partial charge in [0.05, 0.1) is 12.2 Å². The van der Waals surface area contributed by atoms with E-state index in [2.05, 4.69) is 15.7 Å². The Bertz CT molecular complexity index is 702. The third-order valence-corrected chi connectivity index (χ3v) is 6.78. The molecule has 2 aliphatic carbocycles. The van der Waals surface area contributed by atoms with Crippen molar-refractivity contribution < 1.29 is 9.59 Å². The van der Waals surface area contributed by atoms with Crippen LogP contribution in [0.25, 0.3) is 0 Å². The second-order valence-electron chi connectivity index (χ2n) is 8.67. The zero-order chi connectivity index (χ0) is 19.5. The van der Waals surface area contributed by atoms with Gasteiger partial charge in [-0.3, -0.25) is 9.48 Å². The molecule has 1 aliphatic heterocycles. The van der Waals surface area contributed by atoms with Gasteiger partial charge in [-0.15, -0.1) is 0 Å². The Labute approximate surface area is 167 Å². The predicted octanol–water partition coefficient (Wildman–Crippen LogP) is 2.67. The van der Waals surface area contributed by atoms with Gasteiger partial charge in [0.2, 0.25) is 5.91 Å². The van der Waals surface area contributed by atoms with Gasteiger partial charge in [-0.25, -0.2) is 4.79 Å². The first-order valence-electron chi connectivity index (χ1n) is 11.0. The van der Waals surface area contributed by atoms with Crippen molar-refractivity contribution in [1.29, 1.82) is 0 Å². The number of nitrogens with one attached hydrogen (secondary N) is 2. The van der Waals surface area contributed by atoms with E-state index in [1.165, 1.54) is 25.0 Å². The Morgan fingerprint density at radius 2 is 1.75 bits per heavy atom. The number of nitrogens with zero attached hydrogens (tertiary/aromatic N) is 3. The molecule has 7 nitrogen and oxygen atoms in total. The van der Waals surface area contributed by atoms with Crippen molar-refractivity contribution in [2.45, 2.75) is 76.3 Å². The average molecular weight is 388 g/mol. The van der Waals surface area contributed by atoms with Gasteiger partial charge in [-0.1, -0.05) is 19.3 Å². The first-order chi connectivity index (χ1) is 13.6. The highest BCUT2D eigenvalue weighted by atomic mass is 16.2. The standard InChI is InChI=1S/C21H33N5O2/c1-25-19-9-5-8-18(17(19)14-22-25)24-21(28)26-12-10-16(11-13-26)23-20(27)15-6-3-2-4-7-15/h14-16,18H,2-13H2,1H3,(H,23,27)(H,24,28). The van der Waals surface area contributed by atoms with Crippen LogP contribution in [0.3, 0.4) is 0 Å². The molecule has 3 amide bonds. The molecule has 2 N–H and O–H groups in total. The molecule has 1 aromatic rings. The van der Waals surface area contributed by atoms with Crippen LogP contribution in [-0.4, -0.2) is 45.8 Å². The fraction of sp³-hybridized carbons (Fsp3) is 0.762. The lowest BCUT2D eigenvalue weighted by Gasteiger charge is -2.35. The lowest BCUT2D eigenvalue weighted by Crippen LogP contribution is -2.51. The van der Waals surface area contributed by atoms with Gasteiger partial charge >= 0.3 is 6.03 Å². The Balaban J connectivity index is 1.25. The van der Waals surface area contributed by atoms with E-state index < -0.39 is 0 Å². The Morgan fingerprint density at radius 1 is 1.00 bits per heavy atom. The highest BCUT2D eigenvalue weighted by Crippen LogP contribution is 2.29. The molecule has 0 aromatic carbocycles. The maximum Gasteiger partial charge on any atom is 0.317 e. The molecule has 1 aromatic heterocycles. The van der Waals surface area contributed by atoms with E-state index in [-0.39, 0.29) is 29.9 Å². The summed E-state index contributed by atoms with van der Waals surface area (Å²) in [6, 6.07) is 0.283. The van der Waals surface area contributed by atoms with Gasteiger partial charge in [0.1, 0.15) is 0 Å². The molecule has 0 spiro atoms. The largest absolute Gasteiger partial charge is 0.353 e. The molecule has 1 saturated heterocycles. The first kappa shape index (κ1) is 19.3. The van der Waals surface area contributed by atoms with Crippen LogP contribution in [0.4, 0.5) is 4.79 Å². The predicted molar refractivity (Wildman–Crippen MR) is 107 cm³/mol. The Kier molecular flexibility index (Phi) is 5.87. The number of rotatable bonds is 3. The van der Waals surface area contributed by atoms with E-state index in [9.17, 15) is 9.59 Å². The molecule has 2 fully saturated rings. The maximum absolute atomic E-state index is 12.8. The second kappa shape index (κ2) is 8.53. The molecule has 1 atom stereocenters. The summed E-state index contributed by atoms with van der Waals surface area (Å²) in [6.07, 6.45) is 12.3. The van der Waals surface area contributed by atoms with Crippen molar-refractivity contribution in [1.82, 2.24) is 25.3 Å². The van der Waals surface area contributed by atoms with Crippen molar-refractivity contribution >= 4 is 11.9 Å². The Hall–Kier alpha value is -2.05. The number of hydrogen-bond donors (Lipinski definition) is 2. The number of carbonyl (C=O) groups excluding carboxylic acids is 2. The van der Waals surface area contributed by atoms with Crippen molar-refractivity contribution in [2.24, 2.45) is 13.0 Å². The lowest BCUT2D eigenvalue weighted by atomic mass is 9.88. The quantitative estimate of drug-likeness (QED) is 0.837. The highest BCUT2D eigenvalue weighted by Gasteiger charge is 2.30. The first-order valence-corrected chi connectivity index (χ1v) is 11.0. The maximum atomic E-state index is 12.8. The number of hydrogen-bond acceptors (Lipinski definition) is 3. The molecule has 28 heavy (non-hydrogen) atoms. The normalized spacial score (nSPS) is 23.9. The van der Waals surface area contributed by atoms with E-state index >= 15 is 0 Å². The molecule has 4 rings (SSSR count). The summed E-state index contributed by atoms with van der Waals surface area (Å²) in [6.45, 7) is 1.40. The molecular formula is C21H33N5O2. The monoisotopic (exact) mass is 387 g/mol.